The SMILES string of the molecule is COc1ccc2[nH]cc(C3CCN(CC(=O)Nc4c(C#N)cnn4-c4ccccc4)CC3)c2c1. The number of ether oxygens (including phenoxy) is 1. The van der Waals surface area contributed by atoms with E-state index in [1.807, 2.05) is 42.5 Å². The molecule has 1 aliphatic rings. The number of aromatic amines is 1. The van der Waals surface area contributed by atoms with Gasteiger partial charge >= 0.3 is 0 Å². The average Bonchev–Trinajstić information content (AvgIpc) is 3.48. The van der Waals surface area contributed by atoms with Gasteiger partial charge in [-0.1, -0.05) is 18.2 Å². The summed E-state index contributed by atoms with van der Waals surface area (Å²) in [6, 6.07) is 17.7. The number of fused-ring (bicyclic) bond motifs is 1. The quantitative estimate of drug-likeness (QED) is 0.458. The Morgan fingerprint density at radius 1 is 1.24 bits per heavy atom. The van der Waals surface area contributed by atoms with E-state index in [9.17, 15) is 10.1 Å². The summed E-state index contributed by atoms with van der Waals surface area (Å²) >= 11 is 0. The minimum atomic E-state index is -0.149. The molecule has 2 aromatic carbocycles. The number of methoxy groups -OCH3 is 1. The van der Waals surface area contributed by atoms with Crippen LogP contribution >= 0.6 is 0 Å². The number of anilines is 1. The van der Waals surface area contributed by atoms with Crippen molar-refractivity contribution in [3.63, 3.8) is 0 Å². The van der Waals surface area contributed by atoms with Gasteiger partial charge in [0.25, 0.3) is 0 Å². The van der Waals surface area contributed by atoms with Gasteiger partial charge in [-0.15, -0.1) is 0 Å². The third kappa shape index (κ3) is 4.26. The van der Waals surface area contributed by atoms with E-state index in [0.717, 1.165) is 42.9 Å². The molecule has 2 aromatic heterocycles. The van der Waals surface area contributed by atoms with E-state index in [2.05, 4.69) is 38.6 Å². The second-order valence-corrected chi connectivity index (χ2v) is 8.52. The lowest BCUT2D eigenvalue weighted by molar-refractivity contribution is -0.117. The zero-order valence-electron chi connectivity index (χ0n) is 19.0. The van der Waals surface area contributed by atoms with Crippen molar-refractivity contribution in [2.75, 3.05) is 32.1 Å². The van der Waals surface area contributed by atoms with Crippen LogP contribution in [0.15, 0.2) is 60.9 Å². The molecule has 8 nitrogen and oxygen atoms in total. The summed E-state index contributed by atoms with van der Waals surface area (Å²) in [5.74, 6) is 1.55. The summed E-state index contributed by atoms with van der Waals surface area (Å²) < 4.78 is 6.99. The van der Waals surface area contributed by atoms with E-state index in [0.29, 0.717) is 17.3 Å². The standard InChI is InChI=1S/C26H26N6O2/c1-34-21-7-8-24-22(13-21)23(16-28-24)18-9-11-31(12-10-18)17-25(33)30-26-19(14-27)15-29-32(26)20-5-3-2-4-6-20/h2-8,13,15-16,18,28H,9-12,17H2,1H3,(H,30,33). The lowest BCUT2D eigenvalue weighted by atomic mass is 9.89. The summed E-state index contributed by atoms with van der Waals surface area (Å²) in [5, 5.41) is 17.9. The number of amides is 1. The maximum Gasteiger partial charge on any atom is 0.239 e. The van der Waals surface area contributed by atoms with Gasteiger partial charge in [0.15, 0.2) is 5.82 Å². The summed E-state index contributed by atoms with van der Waals surface area (Å²) in [4.78, 5) is 18.4. The van der Waals surface area contributed by atoms with Crippen molar-refractivity contribution in [1.82, 2.24) is 19.7 Å². The molecular formula is C26H26N6O2. The Labute approximate surface area is 197 Å². The molecule has 172 valence electrons. The summed E-state index contributed by atoms with van der Waals surface area (Å²) in [5.41, 5.74) is 3.55. The van der Waals surface area contributed by atoms with E-state index in [-0.39, 0.29) is 12.5 Å². The average molecular weight is 455 g/mol. The predicted molar refractivity (Wildman–Crippen MR) is 130 cm³/mol. The highest BCUT2D eigenvalue weighted by molar-refractivity contribution is 5.93. The Balaban J connectivity index is 1.23. The number of hydrogen-bond donors (Lipinski definition) is 2. The van der Waals surface area contributed by atoms with Crippen molar-refractivity contribution in [3.05, 3.63) is 72.1 Å². The zero-order chi connectivity index (χ0) is 23.5. The molecule has 0 aliphatic carbocycles. The van der Waals surface area contributed by atoms with Crippen LogP contribution in [0.1, 0.15) is 29.9 Å². The maximum atomic E-state index is 12.9. The molecule has 3 heterocycles. The first-order valence-electron chi connectivity index (χ1n) is 11.4. The fraction of sp³-hybridized carbons (Fsp3) is 0.269. The third-order valence-corrected chi connectivity index (χ3v) is 6.46. The number of H-pyrrole nitrogens is 1. The number of benzene rings is 2. The van der Waals surface area contributed by atoms with Crippen LogP contribution in [-0.2, 0) is 4.79 Å². The number of nitrogens with zero attached hydrogens (tertiary/aromatic N) is 4. The maximum absolute atomic E-state index is 12.9. The molecule has 5 rings (SSSR count). The molecule has 34 heavy (non-hydrogen) atoms. The van der Waals surface area contributed by atoms with Crippen LogP contribution in [0.5, 0.6) is 5.75 Å². The van der Waals surface area contributed by atoms with Crippen molar-refractivity contribution in [2.45, 2.75) is 18.8 Å². The van der Waals surface area contributed by atoms with Gasteiger partial charge in [-0.2, -0.15) is 10.4 Å². The number of rotatable bonds is 6. The molecule has 0 unspecified atom stereocenters. The first kappa shape index (κ1) is 21.7. The molecule has 1 aliphatic heterocycles. The third-order valence-electron chi connectivity index (χ3n) is 6.46. The summed E-state index contributed by atoms with van der Waals surface area (Å²) in [6.07, 6.45) is 5.53. The van der Waals surface area contributed by atoms with Crippen LogP contribution in [0.4, 0.5) is 5.82 Å². The van der Waals surface area contributed by atoms with E-state index in [4.69, 9.17) is 4.74 Å². The lowest BCUT2D eigenvalue weighted by Crippen LogP contribution is -2.39. The van der Waals surface area contributed by atoms with Gasteiger partial charge in [-0.25, -0.2) is 4.68 Å². The Hall–Kier alpha value is -4.09. The highest BCUT2D eigenvalue weighted by Crippen LogP contribution is 2.34. The molecule has 0 atom stereocenters. The molecule has 1 amide bonds. The Morgan fingerprint density at radius 3 is 2.76 bits per heavy atom. The number of likely N-dealkylation sites (tertiary alicyclic amines) is 1. The number of nitrogens with one attached hydrogen (secondary N) is 2. The van der Waals surface area contributed by atoms with Gasteiger partial charge in [0.05, 0.1) is 25.5 Å². The number of carbonyl (C=O) groups is 1. The Bertz CT molecular complexity index is 1340. The highest BCUT2D eigenvalue weighted by Gasteiger charge is 2.25. The van der Waals surface area contributed by atoms with Crippen LogP contribution in [-0.4, -0.2) is 52.3 Å². The van der Waals surface area contributed by atoms with Crippen molar-refractivity contribution in [3.8, 4) is 17.5 Å². The normalized spacial score (nSPS) is 14.7. The van der Waals surface area contributed by atoms with Crippen LogP contribution in [0.25, 0.3) is 16.6 Å². The Morgan fingerprint density at radius 2 is 2.03 bits per heavy atom. The number of para-hydroxylation sites is 1. The second kappa shape index (κ2) is 9.41. The van der Waals surface area contributed by atoms with Crippen LogP contribution in [0.2, 0.25) is 0 Å². The number of aromatic nitrogens is 3. The van der Waals surface area contributed by atoms with Gasteiger partial charge in [0.2, 0.25) is 5.91 Å². The Kier molecular flexibility index (Phi) is 6.02. The molecule has 4 aromatic rings. The van der Waals surface area contributed by atoms with E-state index < -0.39 is 0 Å². The molecular weight excluding hydrogens is 428 g/mol. The van der Waals surface area contributed by atoms with Crippen molar-refractivity contribution in [2.24, 2.45) is 0 Å². The molecule has 2 N–H and O–H groups in total. The molecule has 0 radical (unpaired) electrons. The minimum absolute atomic E-state index is 0.149. The highest BCUT2D eigenvalue weighted by atomic mass is 16.5. The van der Waals surface area contributed by atoms with Crippen LogP contribution in [0, 0.1) is 11.3 Å². The lowest BCUT2D eigenvalue weighted by Gasteiger charge is -2.31. The monoisotopic (exact) mass is 454 g/mol. The summed E-state index contributed by atoms with van der Waals surface area (Å²) in [6.45, 7) is 1.94. The summed E-state index contributed by atoms with van der Waals surface area (Å²) in [7, 11) is 1.68. The van der Waals surface area contributed by atoms with E-state index in [1.54, 1.807) is 11.8 Å². The van der Waals surface area contributed by atoms with Crippen LogP contribution < -0.4 is 10.1 Å². The first-order valence-corrected chi connectivity index (χ1v) is 11.4. The van der Waals surface area contributed by atoms with E-state index >= 15 is 0 Å². The van der Waals surface area contributed by atoms with Crippen molar-refractivity contribution < 1.29 is 9.53 Å². The first-order chi connectivity index (χ1) is 16.7. The van der Waals surface area contributed by atoms with Gasteiger partial charge in [-0.3, -0.25) is 9.69 Å². The number of piperidine rings is 1. The zero-order valence-corrected chi connectivity index (χ0v) is 19.0. The number of hydrogen-bond acceptors (Lipinski definition) is 5. The molecule has 0 saturated carbocycles. The molecule has 0 spiro atoms. The van der Waals surface area contributed by atoms with Gasteiger partial charge < -0.3 is 15.0 Å². The van der Waals surface area contributed by atoms with Gasteiger partial charge in [-0.05, 0) is 67.7 Å². The van der Waals surface area contributed by atoms with E-state index in [1.165, 1.54) is 17.1 Å². The topological polar surface area (TPSA) is 99.0 Å². The van der Waals surface area contributed by atoms with Gasteiger partial charge in [0, 0.05) is 17.1 Å². The second-order valence-electron chi connectivity index (χ2n) is 8.52. The van der Waals surface area contributed by atoms with Crippen molar-refractivity contribution >= 4 is 22.6 Å². The number of nitriles is 1. The minimum Gasteiger partial charge on any atom is -0.497 e. The fourth-order valence-electron chi connectivity index (χ4n) is 4.68. The number of carbonyl (C=O) groups excluding carboxylic acids is 1. The molecule has 1 saturated heterocycles. The largest absolute Gasteiger partial charge is 0.497 e. The van der Waals surface area contributed by atoms with Crippen LogP contribution in [0.3, 0.4) is 0 Å². The van der Waals surface area contributed by atoms with Crippen molar-refractivity contribution in [1.29, 1.82) is 5.26 Å². The molecule has 0 bridgehead atoms. The smallest absolute Gasteiger partial charge is 0.239 e. The fourth-order valence-corrected chi connectivity index (χ4v) is 4.68. The van der Waals surface area contributed by atoms with Gasteiger partial charge in [0.1, 0.15) is 17.4 Å². The molecule has 1 fully saturated rings. The molecule has 8 heteroatoms. The predicted octanol–water partition coefficient (Wildman–Crippen LogP) is 4.05.